The molecular formula is C9H17NO4S. The third-order valence-electron chi connectivity index (χ3n) is 2.35. The van der Waals surface area contributed by atoms with Crippen LogP contribution in [0.1, 0.15) is 33.6 Å². The molecule has 3 unspecified atom stereocenters. The van der Waals surface area contributed by atoms with Gasteiger partial charge in [0.05, 0.1) is 18.8 Å². The van der Waals surface area contributed by atoms with E-state index in [1.165, 1.54) is 0 Å². The first-order valence-electron chi connectivity index (χ1n) is 5.13. The minimum absolute atomic E-state index is 0.208. The van der Waals surface area contributed by atoms with E-state index in [4.69, 9.17) is 8.92 Å². The predicted molar refractivity (Wildman–Crippen MR) is 56.2 cm³/mol. The molecular weight excluding hydrogens is 218 g/mol. The van der Waals surface area contributed by atoms with Crippen LogP contribution in [-0.2, 0) is 20.2 Å². The summed E-state index contributed by atoms with van der Waals surface area (Å²) >= 11 is -1.70. The van der Waals surface area contributed by atoms with Gasteiger partial charge in [-0.3, -0.25) is 4.18 Å². The van der Waals surface area contributed by atoms with Crippen molar-refractivity contribution in [1.29, 1.82) is 0 Å². The van der Waals surface area contributed by atoms with E-state index in [9.17, 15) is 9.00 Å². The van der Waals surface area contributed by atoms with Crippen LogP contribution in [0.4, 0.5) is 4.79 Å². The van der Waals surface area contributed by atoms with Crippen LogP contribution in [0.3, 0.4) is 0 Å². The molecule has 1 heterocycles. The van der Waals surface area contributed by atoms with Gasteiger partial charge in [-0.05, 0) is 20.3 Å². The molecule has 1 rings (SSSR count). The normalized spacial score (nSPS) is 30.6. The Morgan fingerprint density at radius 2 is 2.20 bits per heavy atom. The van der Waals surface area contributed by atoms with Gasteiger partial charge in [-0.15, -0.1) is 0 Å². The number of hydrogen-bond donors (Lipinski definition) is 0. The summed E-state index contributed by atoms with van der Waals surface area (Å²) in [6, 6.07) is -0.208. The van der Waals surface area contributed by atoms with E-state index in [-0.39, 0.29) is 12.1 Å². The second-order valence-electron chi connectivity index (χ2n) is 3.55. The maximum absolute atomic E-state index is 11.5. The van der Waals surface area contributed by atoms with E-state index >= 15 is 0 Å². The van der Waals surface area contributed by atoms with E-state index in [0.717, 1.165) is 17.1 Å². The molecule has 1 saturated heterocycles. The molecule has 1 fully saturated rings. The zero-order chi connectivity index (χ0) is 11.4. The molecule has 0 saturated carbocycles. The van der Waals surface area contributed by atoms with E-state index in [0.29, 0.717) is 6.61 Å². The molecule has 0 N–H and O–H groups in total. The van der Waals surface area contributed by atoms with Gasteiger partial charge in [-0.25, -0.2) is 9.00 Å². The van der Waals surface area contributed by atoms with Gasteiger partial charge in [0.2, 0.25) is 0 Å². The van der Waals surface area contributed by atoms with Crippen molar-refractivity contribution in [1.82, 2.24) is 4.31 Å². The first-order valence-corrected chi connectivity index (χ1v) is 6.16. The van der Waals surface area contributed by atoms with Gasteiger partial charge in [0.1, 0.15) is 0 Å². The molecule has 0 aromatic heterocycles. The maximum atomic E-state index is 11.5. The molecule has 0 aromatic carbocycles. The Bertz CT molecular complexity index is 258. The largest absolute Gasteiger partial charge is 0.449 e. The van der Waals surface area contributed by atoms with Crippen molar-refractivity contribution >= 4 is 17.4 Å². The Labute approximate surface area is 92.5 Å². The van der Waals surface area contributed by atoms with E-state index in [1.54, 1.807) is 13.8 Å². The van der Waals surface area contributed by atoms with Crippen molar-refractivity contribution in [2.75, 3.05) is 6.61 Å². The highest BCUT2D eigenvalue weighted by molar-refractivity contribution is 7.78. The molecule has 1 aliphatic heterocycles. The number of carbonyl (C=O) groups excluding carboxylic acids is 1. The second-order valence-corrected chi connectivity index (χ2v) is 4.57. The Hall–Kier alpha value is -0.620. The SMILES string of the molecule is CCCCOC(=O)N1C(C)C(C)OS1=O. The Kier molecular flexibility index (Phi) is 4.53. The van der Waals surface area contributed by atoms with Crippen molar-refractivity contribution in [3.05, 3.63) is 0 Å². The van der Waals surface area contributed by atoms with Crippen LogP contribution in [0.5, 0.6) is 0 Å². The lowest BCUT2D eigenvalue weighted by atomic mass is 10.2. The lowest BCUT2D eigenvalue weighted by molar-refractivity contribution is 0.116. The lowest BCUT2D eigenvalue weighted by Crippen LogP contribution is -2.37. The number of unbranched alkanes of at least 4 members (excludes halogenated alkanes) is 1. The highest BCUT2D eigenvalue weighted by Crippen LogP contribution is 2.22. The van der Waals surface area contributed by atoms with E-state index in [1.807, 2.05) is 6.92 Å². The van der Waals surface area contributed by atoms with Crippen molar-refractivity contribution in [3.63, 3.8) is 0 Å². The molecule has 0 aromatic rings. The third kappa shape index (κ3) is 2.92. The third-order valence-corrected chi connectivity index (χ3v) is 3.62. The molecule has 3 atom stereocenters. The fourth-order valence-corrected chi connectivity index (χ4v) is 2.31. The summed E-state index contributed by atoms with van der Waals surface area (Å²) in [6.07, 6.45) is 0.999. The Morgan fingerprint density at radius 3 is 2.67 bits per heavy atom. The molecule has 0 radical (unpaired) electrons. The summed E-state index contributed by atoms with van der Waals surface area (Å²) in [5.74, 6) is 0. The standard InChI is InChI=1S/C9H17NO4S/c1-4-5-6-13-9(11)10-7(2)8(3)14-15(10)12/h7-8H,4-6H2,1-3H3. The van der Waals surface area contributed by atoms with Crippen LogP contribution >= 0.6 is 0 Å². The van der Waals surface area contributed by atoms with E-state index in [2.05, 4.69) is 0 Å². The monoisotopic (exact) mass is 235 g/mol. The highest BCUT2D eigenvalue weighted by Gasteiger charge is 2.40. The summed E-state index contributed by atoms with van der Waals surface area (Å²) in [6.45, 7) is 5.94. The number of carbonyl (C=O) groups is 1. The molecule has 5 nitrogen and oxygen atoms in total. The van der Waals surface area contributed by atoms with Crippen molar-refractivity contribution < 1.29 is 17.9 Å². The molecule has 15 heavy (non-hydrogen) atoms. The Morgan fingerprint density at radius 1 is 1.53 bits per heavy atom. The number of amides is 1. The second kappa shape index (κ2) is 5.46. The first kappa shape index (κ1) is 12.4. The highest BCUT2D eigenvalue weighted by atomic mass is 32.2. The zero-order valence-corrected chi connectivity index (χ0v) is 10.1. The zero-order valence-electron chi connectivity index (χ0n) is 9.26. The molecule has 1 aliphatic rings. The van der Waals surface area contributed by atoms with Crippen LogP contribution in [0, 0.1) is 0 Å². The van der Waals surface area contributed by atoms with Gasteiger partial charge >= 0.3 is 6.09 Å². The number of rotatable bonds is 3. The van der Waals surface area contributed by atoms with Crippen molar-refractivity contribution in [3.8, 4) is 0 Å². The van der Waals surface area contributed by atoms with Gasteiger partial charge in [-0.2, -0.15) is 4.31 Å². The van der Waals surface area contributed by atoms with Crippen LogP contribution in [0.2, 0.25) is 0 Å². The molecule has 1 amide bonds. The molecule has 0 bridgehead atoms. The lowest BCUT2D eigenvalue weighted by Gasteiger charge is -2.17. The topological polar surface area (TPSA) is 55.8 Å². The van der Waals surface area contributed by atoms with Crippen LogP contribution in [0.15, 0.2) is 0 Å². The fourth-order valence-electron chi connectivity index (χ4n) is 1.18. The molecule has 6 heteroatoms. The predicted octanol–water partition coefficient (Wildman–Crippen LogP) is 1.61. The maximum Gasteiger partial charge on any atom is 0.423 e. The van der Waals surface area contributed by atoms with Gasteiger partial charge in [0.15, 0.2) is 0 Å². The average molecular weight is 235 g/mol. The molecule has 88 valence electrons. The van der Waals surface area contributed by atoms with Gasteiger partial charge in [-0.1, -0.05) is 13.3 Å². The summed E-state index contributed by atoms with van der Waals surface area (Å²) in [5.41, 5.74) is 0. The van der Waals surface area contributed by atoms with Crippen LogP contribution < -0.4 is 0 Å². The van der Waals surface area contributed by atoms with Crippen molar-refractivity contribution in [2.24, 2.45) is 0 Å². The first-order chi connectivity index (χ1) is 7.07. The van der Waals surface area contributed by atoms with E-state index < -0.39 is 17.4 Å². The average Bonchev–Trinajstić information content (AvgIpc) is 2.41. The van der Waals surface area contributed by atoms with Gasteiger partial charge < -0.3 is 4.74 Å². The fraction of sp³-hybridized carbons (Fsp3) is 0.889. The number of hydrogen-bond acceptors (Lipinski definition) is 4. The summed E-state index contributed by atoms with van der Waals surface area (Å²) in [5, 5.41) is 0. The van der Waals surface area contributed by atoms with Crippen LogP contribution in [-0.4, -0.2) is 33.4 Å². The van der Waals surface area contributed by atoms with Crippen molar-refractivity contribution in [2.45, 2.75) is 45.8 Å². The molecule has 0 aliphatic carbocycles. The number of nitrogens with zero attached hydrogens (tertiary/aromatic N) is 1. The smallest absolute Gasteiger partial charge is 0.423 e. The minimum atomic E-state index is -1.70. The van der Waals surface area contributed by atoms with Crippen LogP contribution in [0.25, 0.3) is 0 Å². The van der Waals surface area contributed by atoms with Gasteiger partial charge in [0, 0.05) is 0 Å². The Balaban J connectivity index is 2.48. The quantitative estimate of drug-likeness (QED) is 0.697. The molecule has 0 spiro atoms. The minimum Gasteiger partial charge on any atom is -0.449 e. The number of ether oxygens (including phenoxy) is 1. The summed E-state index contributed by atoms with van der Waals surface area (Å²) in [7, 11) is 0. The van der Waals surface area contributed by atoms with Gasteiger partial charge in [0.25, 0.3) is 11.3 Å². The summed E-state index contributed by atoms with van der Waals surface area (Å²) in [4.78, 5) is 11.5. The summed E-state index contributed by atoms with van der Waals surface area (Å²) < 4.78 is 22.5.